The van der Waals surface area contributed by atoms with Crippen LogP contribution in [0, 0.1) is 6.92 Å². The van der Waals surface area contributed by atoms with Crippen molar-refractivity contribution in [1.82, 2.24) is 4.57 Å². The summed E-state index contributed by atoms with van der Waals surface area (Å²) in [5.41, 5.74) is 3.83. The molecule has 0 fully saturated rings. The van der Waals surface area contributed by atoms with Gasteiger partial charge in [0.05, 0.1) is 17.7 Å². The zero-order chi connectivity index (χ0) is 21.3. The number of ether oxygens (including phenoxy) is 1. The first-order chi connectivity index (χ1) is 14.5. The molecule has 3 aromatic rings. The number of hydrogen-bond acceptors (Lipinski definition) is 4. The van der Waals surface area contributed by atoms with E-state index in [0.29, 0.717) is 17.0 Å². The van der Waals surface area contributed by atoms with Crippen LogP contribution in [0.2, 0.25) is 0 Å². The van der Waals surface area contributed by atoms with E-state index in [-0.39, 0.29) is 29.4 Å². The van der Waals surface area contributed by atoms with Crippen molar-refractivity contribution in [1.29, 1.82) is 0 Å². The number of nitrogens with zero attached hydrogens (tertiary/aromatic N) is 1. The molecule has 150 valence electrons. The van der Waals surface area contributed by atoms with E-state index >= 15 is 0 Å². The molecule has 4 rings (SSSR count). The maximum atomic E-state index is 12.8. The van der Waals surface area contributed by atoms with E-state index in [0.717, 1.165) is 11.1 Å². The van der Waals surface area contributed by atoms with Crippen molar-refractivity contribution in [2.24, 2.45) is 0 Å². The first kappa shape index (κ1) is 19.5. The first-order valence-electron chi connectivity index (χ1n) is 9.73. The number of fused-ring (bicyclic) bond motifs is 1. The minimum absolute atomic E-state index is 0.117. The molecule has 0 radical (unpaired) electrons. The third-order valence-corrected chi connectivity index (χ3v) is 5.13. The third kappa shape index (κ3) is 3.24. The fourth-order valence-electron chi connectivity index (χ4n) is 3.76. The summed E-state index contributed by atoms with van der Waals surface area (Å²) in [6, 6.07) is 16.8. The number of rotatable bonds is 4. The van der Waals surface area contributed by atoms with Gasteiger partial charge in [-0.3, -0.25) is 9.36 Å². The Hall–Kier alpha value is -3.86. The maximum Gasteiger partial charge on any atom is 0.340 e. The van der Waals surface area contributed by atoms with Gasteiger partial charge in [0.1, 0.15) is 0 Å². The molecule has 1 aromatic heterocycles. The van der Waals surface area contributed by atoms with Crippen LogP contribution >= 0.6 is 0 Å². The Morgan fingerprint density at radius 2 is 1.77 bits per heavy atom. The number of esters is 1. The Morgan fingerprint density at radius 3 is 2.50 bits per heavy atom. The van der Waals surface area contributed by atoms with Gasteiger partial charge in [-0.2, -0.15) is 0 Å². The van der Waals surface area contributed by atoms with Crippen molar-refractivity contribution in [3.05, 3.63) is 88.6 Å². The van der Waals surface area contributed by atoms with Gasteiger partial charge in [0.25, 0.3) is 0 Å². The molecule has 0 spiro atoms. The number of para-hydroxylation sites is 1. The number of carbonyl (C=O) groups excluding carboxylic acids is 2. The maximum absolute atomic E-state index is 12.8. The van der Waals surface area contributed by atoms with E-state index in [1.165, 1.54) is 6.08 Å². The van der Waals surface area contributed by atoms with Crippen molar-refractivity contribution < 1.29 is 19.4 Å². The molecule has 1 N–H and O–H groups in total. The summed E-state index contributed by atoms with van der Waals surface area (Å²) in [5, 5.41) is 11.1. The summed E-state index contributed by atoms with van der Waals surface area (Å²) in [4.78, 5) is 25.5. The van der Waals surface area contributed by atoms with Crippen LogP contribution in [-0.4, -0.2) is 28.0 Å². The van der Waals surface area contributed by atoms with Crippen molar-refractivity contribution in [2.75, 3.05) is 6.61 Å². The minimum atomic E-state index is -0.543. The van der Waals surface area contributed by atoms with Gasteiger partial charge in [-0.05, 0) is 49.3 Å². The van der Waals surface area contributed by atoms with Gasteiger partial charge in [0.2, 0.25) is 5.88 Å². The molecule has 30 heavy (non-hydrogen) atoms. The van der Waals surface area contributed by atoms with E-state index < -0.39 is 5.97 Å². The molecule has 0 saturated heterocycles. The Labute approximate surface area is 174 Å². The number of allylic oxidation sites excluding steroid dienone is 2. The van der Waals surface area contributed by atoms with Crippen molar-refractivity contribution >= 4 is 29.5 Å². The minimum Gasteiger partial charge on any atom is -0.494 e. The lowest BCUT2D eigenvalue weighted by Gasteiger charge is -2.13. The average molecular weight is 399 g/mol. The summed E-state index contributed by atoms with van der Waals surface area (Å²) < 4.78 is 6.84. The van der Waals surface area contributed by atoms with Crippen LogP contribution in [-0.2, 0) is 9.53 Å². The van der Waals surface area contributed by atoms with E-state index in [1.807, 2.05) is 54.6 Å². The highest BCUT2D eigenvalue weighted by molar-refractivity contribution is 6.33. The first-order valence-corrected chi connectivity index (χ1v) is 9.73. The second kappa shape index (κ2) is 7.87. The molecule has 5 nitrogen and oxygen atoms in total. The second-order valence-corrected chi connectivity index (χ2v) is 6.93. The molecule has 5 heteroatoms. The van der Waals surface area contributed by atoms with Gasteiger partial charge < -0.3 is 9.84 Å². The van der Waals surface area contributed by atoms with Gasteiger partial charge in [0.15, 0.2) is 5.78 Å². The van der Waals surface area contributed by atoms with Crippen molar-refractivity contribution in [3.8, 4) is 11.6 Å². The van der Waals surface area contributed by atoms with Crippen LogP contribution in [0.25, 0.3) is 23.4 Å². The summed E-state index contributed by atoms with van der Waals surface area (Å²) in [7, 11) is 0. The standard InChI is InChI=1S/C25H21NO4/c1-3-30-25(29)23-16(2)26(18-10-5-4-6-11-18)24(28)21(23)15-20-19-12-8-7-9-17(19)13-14-22(20)27/h4-15,28H,3H2,1-2H3. The zero-order valence-electron chi connectivity index (χ0n) is 16.8. The second-order valence-electron chi connectivity index (χ2n) is 6.93. The van der Waals surface area contributed by atoms with Crippen LogP contribution < -0.4 is 0 Å². The molecule has 0 atom stereocenters. The SMILES string of the molecule is CCOC(=O)c1c(C=C2C(=O)C=Cc3ccccc32)c(O)n(-c2ccccc2)c1C. The smallest absolute Gasteiger partial charge is 0.340 e. The van der Waals surface area contributed by atoms with Crippen LogP contribution in [0.4, 0.5) is 0 Å². The topological polar surface area (TPSA) is 68.5 Å². The molecule has 2 aromatic carbocycles. The lowest BCUT2D eigenvalue weighted by molar-refractivity contribution is -0.109. The Bertz CT molecular complexity index is 1200. The summed E-state index contributed by atoms with van der Waals surface area (Å²) in [5.74, 6) is -0.846. The normalized spacial score (nSPS) is 14.1. The lowest BCUT2D eigenvalue weighted by atomic mass is 9.90. The van der Waals surface area contributed by atoms with Crippen LogP contribution in [0.15, 0.2) is 60.7 Å². The van der Waals surface area contributed by atoms with Crippen LogP contribution in [0.1, 0.15) is 39.7 Å². The van der Waals surface area contributed by atoms with Crippen molar-refractivity contribution in [2.45, 2.75) is 13.8 Å². The third-order valence-electron chi connectivity index (χ3n) is 5.13. The van der Waals surface area contributed by atoms with Gasteiger partial charge in [0, 0.05) is 17.0 Å². The number of aromatic hydroxyl groups is 1. The molecule has 1 heterocycles. The molecule has 1 aliphatic rings. The number of hydrogen-bond donors (Lipinski definition) is 1. The summed E-state index contributed by atoms with van der Waals surface area (Å²) in [6.45, 7) is 3.68. The van der Waals surface area contributed by atoms with Gasteiger partial charge in [-0.15, -0.1) is 0 Å². The number of ketones is 1. The van der Waals surface area contributed by atoms with E-state index in [4.69, 9.17) is 4.74 Å². The fraction of sp³-hybridized carbons (Fsp3) is 0.120. The number of benzene rings is 2. The quantitative estimate of drug-likeness (QED) is 0.505. The Kier molecular flexibility index (Phi) is 5.11. The van der Waals surface area contributed by atoms with Gasteiger partial charge in [-0.25, -0.2) is 4.79 Å². The van der Waals surface area contributed by atoms with Crippen molar-refractivity contribution in [3.63, 3.8) is 0 Å². The Balaban J connectivity index is 1.98. The molecule has 0 aliphatic heterocycles. The van der Waals surface area contributed by atoms with Crippen LogP contribution in [0.3, 0.4) is 0 Å². The number of carbonyl (C=O) groups is 2. The molecule has 0 saturated carbocycles. The number of aromatic nitrogens is 1. The highest BCUT2D eigenvalue weighted by atomic mass is 16.5. The van der Waals surface area contributed by atoms with Crippen LogP contribution in [0.5, 0.6) is 5.88 Å². The molecular weight excluding hydrogens is 378 g/mol. The molecule has 0 amide bonds. The highest BCUT2D eigenvalue weighted by Gasteiger charge is 2.27. The summed E-state index contributed by atoms with van der Waals surface area (Å²) >= 11 is 0. The highest BCUT2D eigenvalue weighted by Crippen LogP contribution is 2.37. The predicted molar refractivity (Wildman–Crippen MR) is 116 cm³/mol. The lowest BCUT2D eigenvalue weighted by Crippen LogP contribution is -2.09. The fourth-order valence-corrected chi connectivity index (χ4v) is 3.76. The van der Waals surface area contributed by atoms with E-state index in [1.54, 1.807) is 30.6 Å². The average Bonchev–Trinajstić information content (AvgIpc) is 3.00. The van der Waals surface area contributed by atoms with E-state index in [2.05, 4.69) is 0 Å². The van der Waals surface area contributed by atoms with E-state index in [9.17, 15) is 14.7 Å². The Morgan fingerprint density at radius 1 is 1.07 bits per heavy atom. The van der Waals surface area contributed by atoms with Gasteiger partial charge >= 0.3 is 5.97 Å². The zero-order valence-corrected chi connectivity index (χ0v) is 16.8. The molecule has 1 aliphatic carbocycles. The summed E-state index contributed by atoms with van der Waals surface area (Å²) in [6.07, 6.45) is 4.84. The predicted octanol–water partition coefficient (Wildman–Crippen LogP) is 4.80. The largest absolute Gasteiger partial charge is 0.494 e. The van der Waals surface area contributed by atoms with Gasteiger partial charge in [-0.1, -0.05) is 48.5 Å². The molecular formula is C25H21NO4. The monoisotopic (exact) mass is 399 g/mol. The molecule has 0 bridgehead atoms. The molecule has 0 unspecified atom stereocenters.